The number of methoxy groups -OCH3 is 1. The van der Waals surface area contributed by atoms with E-state index in [4.69, 9.17) is 27.3 Å². The van der Waals surface area contributed by atoms with E-state index in [-0.39, 0.29) is 16.5 Å². The molecule has 1 saturated carbocycles. The van der Waals surface area contributed by atoms with Gasteiger partial charge < -0.3 is 15.8 Å². The van der Waals surface area contributed by atoms with E-state index < -0.39 is 5.54 Å². The van der Waals surface area contributed by atoms with Crippen LogP contribution >= 0.6 is 11.6 Å². The molecule has 5 nitrogen and oxygen atoms in total. The highest BCUT2D eigenvalue weighted by Gasteiger charge is 2.45. The third-order valence-electron chi connectivity index (χ3n) is 2.88. The smallest absolute Gasteiger partial charge is 0.256 e. The number of nitriles is 1. The number of nitrogens with two attached hydrogens (primary N) is 1. The van der Waals surface area contributed by atoms with Gasteiger partial charge in [0.1, 0.15) is 11.3 Å². The summed E-state index contributed by atoms with van der Waals surface area (Å²) in [5.41, 5.74) is 5.52. The minimum Gasteiger partial charge on any atom is -0.496 e. The largest absolute Gasteiger partial charge is 0.496 e. The molecule has 1 aliphatic rings. The van der Waals surface area contributed by atoms with E-state index in [1.165, 1.54) is 19.2 Å². The lowest BCUT2D eigenvalue weighted by Gasteiger charge is -2.13. The van der Waals surface area contributed by atoms with Crippen molar-refractivity contribution in [2.75, 3.05) is 12.8 Å². The number of hydrogen-bond acceptors (Lipinski definition) is 4. The highest BCUT2D eigenvalue weighted by molar-refractivity contribution is 6.33. The average Bonchev–Trinajstić information content (AvgIpc) is 3.12. The van der Waals surface area contributed by atoms with Crippen LogP contribution < -0.4 is 15.8 Å². The third-order valence-corrected chi connectivity index (χ3v) is 3.21. The lowest BCUT2D eigenvalue weighted by molar-refractivity contribution is 0.0938. The number of nitrogen functional groups attached to an aromatic ring is 1. The first-order valence-corrected chi connectivity index (χ1v) is 5.76. The van der Waals surface area contributed by atoms with Gasteiger partial charge in [-0.05, 0) is 18.9 Å². The summed E-state index contributed by atoms with van der Waals surface area (Å²) < 4.78 is 5.09. The lowest BCUT2D eigenvalue weighted by Crippen LogP contribution is -2.35. The molecule has 1 aliphatic carbocycles. The van der Waals surface area contributed by atoms with E-state index >= 15 is 0 Å². The van der Waals surface area contributed by atoms with Gasteiger partial charge in [-0.2, -0.15) is 5.26 Å². The number of benzene rings is 1. The molecule has 6 heteroatoms. The van der Waals surface area contributed by atoms with Gasteiger partial charge >= 0.3 is 0 Å². The summed E-state index contributed by atoms with van der Waals surface area (Å²) in [5, 5.41) is 11.9. The number of carbonyl (C=O) groups is 1. The fourth-order valence-electron chi connectivity index (χ4n) is 1.59. The Labute approximate surface area is 109 Å². The minimum absolute atomic E-state index is 0.276. The van der Waals surface area contributed by atoms with Crippen molar-refractivity contribution in [3.63, 3.8) is 0 Å². The second kappa shape index (κ2) is 4.39. The minimum atomic E-state index is -0.726. The number of amides is 1. The maximum absolute atomic E-state index is 12.1. The van der Waals surface area contributed by atoms with E-state index in [9.17, 15) is 4.79 Å². The summed E-state index contributed by atoms with van der Waals surface area (Å²) in [6.07, 6.45) is 1.33. The maximum atomic E-state index is 12.1. The molecule has 1 amide bonds. The third kappa shape index (κ3) is 2.20. The number of rotatable bonds is 3. The molecule has 94 valence electrons. The fourth-order valence-corrected chi connectivity index (χ4v) is 1.75. The van der Waals surface area contributed by atoms with Crippen LogP contribution in [0, 0.1) is 11.3 Å². The zero-order valence-electron chi connectivity index (χ0n) is 9.79. The monoisotopic (exact) mass is 265 g/mol. The van der Waals surface area contributed by atoms with Gasteiger partial charge in [-0.1, -0.05) is 11.6 Å². The van der Waals surface area contributed by atoms with Crippen LogP contribution in [0.5, 0.6) is 5.75 Å². The first-order valence-electron chi connectivity index (χ1n) is 5.38. The summed E-state index contributed by atoms with van der Waals surface area (Å²) in [6.45, 7) is 0. The molecule has 18 heavy (non-hydrogen) atoms. The van der Waals surface area contributed by atoms with E-state index in [2.05, 4.69) is 11.4 Å². The molecule has 2 rings (SSSR count). The topological polar surface area (TPSA) is 88.1 Å². The van der Waals surface area contributed by atoms with Gasteiger partial charge in [0.05, 0.1) is 29.5 Å². The van der Waals surface area contributed by atoms with Crippen molar-refractivity contribution in [1.29, 1.82) is 5.26 Å². The first kappa shape index (κ1) is 12.5. The van der Waals surface area contributed by atoms with Crippen molar-refractivity contribution in [3.05, 3.63) is 22.7 Å². The molecule has 0 atom stereocenters. The molecule has 0 spiro atoms. The van der Waals surface area contributed by atoms with Crippen molar-refractivity contribution in [2.45, 2.75) is 18.4 Å². The highest BCUT2D eigenvalue weighted by Crippen LogP contribution is 2.36. The van der Waals surface area contributed by atoms with Gasteiger partial charge in [-0.15, -0.1) is 0 Å². The predicted molar refractivity (Wildman–Crippen MR) is 67.5 cm³/mol. The molecule has 1 aromatic rings. The number of nitrogens with one attached hydrogen (secondary N) is 1. The molecule has 1 fully saturated rings. The quantitative estimate of drug-likeness (QED) is 0.815. The van der Waals surface area contributed by atoms with Crippen molar-refractivity contribution in [3.8, 4) is 11.8 Å². The number of carbonyl (C=O) groups excluding carboxylic acids is 1. The normalized spacial score (nSPS) is 15.6. The Hall–Kier alpha value is -1.93. The van der Waals surface area contributed by atoms with Crippen molar-refractivity contribution in [1.82, 2.24) is 5.32 Å². The zero-order chi connectivity index (χ0) is 13.3. The van der Waals surface area contributed by atoms with Gasteiger partial charge in [-0.3, -0.25) is 4.79 Å². The van der Waals surface area contributed by atoms with Crippen LogP contribution in [0.1, 0.15) is 23.2 Å². The Morgan fingerprint density at radius 2 is 2.28 bits per heavy atom. The van der Waals surface area contributed by atoms with Crippen molar-refractivity contribution < 1.29 is 9.53 Å². The van der Waals surface area contributed by atoms with Crippen LogP contribution in [-0.2, 0) is 0 Å². The molecule has 0 radical (unpaired) electrons. The molecule has 3 N–H and O–H groups in total. The van der Waals surface area contributed by atoms with E-state index in [1.54, 1.807) is 0 Å². The second-order valence-electron chi connectivity index (χ2n) is 4.22. The van der Waals surface area contributed by atoms with Crippen LogP contribution in [0.25, 0.3) is 0 Å². The summed E-state index contributed by atoms with van der Waals surface area (Å²) in [7, 11) is 1.44. The summed E-state index contributed by atoms with van der Waals surface area (Å²) >= 11 is 5.88. The molecular weight excluding hydrogens is 254 g/mol. The van der Waals surface area contributed by atoms with Crippen LogP contribution in [-0.4, -0.2) is 18.6 Å². The molecule has 1 aromatic carbocycles. The van der Waals surface area contributed by atoms with Crippen LogP contribution in [0.3, 0.4) is 0 Å². The van der Waals surface area contributed by atoms with E-state index in [1.807, 2.05) is 0 Å². The lowest BCUT2D eigenvalue weighted by atomic mass is 10.1. The number of ether oxygens (including phenoxy) is 1. The maximum Gasteiger partial charge on any atom is 0.256 e. The van der Waals surface area contributed by atoms with Gasteiger partial charge in [0.2, 0.25) is 0 Å². The molecule has 0 bridgehead atoms. The van der Waals surface area contributed by atoms with Crippen LogP contribution in [0.2, 0.25) is 5.02 Å². The number of anilines is 1. The van der Waals surface area contributed by atoms with Gasteiger partial charge in [0, 0.05) is 6.07 Å². The Balaban J connectivity index is 2.30. The molecular formula is C12H12ClN3O2. The number of hydrogen-bond donors (Lipinski definition) is 2. The molecule has 0 aromatic heterocycles. The van der Waals surface area contributed by atoms with Gasteiger partial charge in [-0.25, -0.2) is 0 Å². The fraction of sp³-hybridized carbons (Fsp3) is 0.333. The van der Waals surface area contributed by atoms with Gasteiger partial charge in [0.25, 0.3) is 5.91 Å². The zero-order valence-corrected chi connectivity index (χ0v) is 10.5. The van der Waals surface area contributed by atoms with Crippen LogP contribution in [0.15, 0.2) is 12.1 Å². The number of halogens is 1. The average molecular weight is 266 g/mol. The summed E-state index contributed by atoms with van der Waals surface area (Å²) in [5.74, 6) is -0.0454. The van der Waals surface area contributed by atoms with Gasteiger partial charge in [0.15, 0.2) is 0 Å². The standard InChI is InChI=1S/C12H12ClN3O2/c1-18-10-5-9(15)8(13)4-7(10)11(17)16-12(6-14)2-3-12/h4-5H,2-3,15H2,1H3,(H,16,17). The SMILES string of the molecule is COc1cc(N)c(Cl)cc1C(=O)NC1(C#N)CC1. The van der Waals surface area contributed by atoms with E-state index in [0.29, 0.717) is 24.3 Å². The highest BCUT2D eigenvalue weighted by atomic mass is 35.5. The molecule has 0 aliphatic heterocycles. The second-order valence-corrected chi connectivity index (χ2v) is 4.63. The summed E-state index contributed by atoms with van der Waals surface area (Å²) in [4.78, 5) is 12.1. The predicted octanol–water partition coefficient (Wildman–Crippen LogP) is 1.72. The Kier molecular flexibility index (Phi) is 3.05. The van der Waals surface area contributed by atoms with Crippen LogP contribution in [0.4, 0.5) is 5.69 Å². The Bertz CT molecular complexity index is 547. The summed E-state index contributed by atoms with van der Waals surface area (Å²) in [6, 6.07) is 5.02. The Morgan fingerprint density at radius 3 is 2.78 bits per heavy atom. The molecule has 0 unspecified atom stereocenters. The molecule has 0 heterocycles. The first-order chi connectivity index (χ1) is 8.51. The number of nitrogens with zero attached hydrogens (tertiary/aromatic N) is 1. The molecule has 0 saturated heterocycles. The van der Waals surface area contributed by atoms with Crippen molar-refractivity contribution >= 4 is 23.2 Å². The van der Waals surface area contributed by atoms with E-state index in [0.717, 1.165) is 0 Å². The Morgan fingerprint density at radius 1 is 1.61 bits per heavy atom. The van der Waals surface area contributed by atoms with Crippen molar-refractivity contribution in [2.24, 2.45) is 0 Å².